The second-order valence-corrected chi connectivity index (χ2v) is 4.96. The van der Waals surface area contributed by atoms with Gasteiger partial charge in [0.2, 0.25) is 0 Å². The number of hydrogen-bond acceptors (Lipinski definition) is 3. The van der Waals surface area contributed by atoms with Crippen LogP contribution in [0.3, 0.4) is 0 Å². The van der Waals surface area contributed by atoms with Crippen molar-refractivity contribution in [1.82, 2.24) is 5.43 Å². The van der Waals surface area contributed by atoms with Gasteiger partial charge in [0, 0.05) is 10.6 Å². The normalized spacial score (nSPS) is 10.6. The molecule has 0 unspecified atom stereocenters. The molecule has 0 saturated carbocycles. The summed E-state index contributed by atoms with van der Waals surface area (Å²) in [7, 11) is 0. The summed E-state index contributed by atoms with van der Waals surface area (Å²) in [6.07, 6.45) is 1.50. The minimum absolute atomic E-state index is 0.0730. The van der Waals surface area contributed by atoms with Gasteiger partial charge in [0.25, 0.3) is 5.91 Å². The van der Waals surface area contributed by atoms with Crippen molar-refractivity contribution in [2.45, 2.75) is 0 Å². The third-order valence-corrected chi connectivity index (χ3v) is 3.29. The van der Waals surface area contributed by atoms with Crippen LogP contribution in [0.5, 0.6) is 0 Å². The molecule has 21 heavy (non-hydrogen) atoms. The second kappa shape index (κ2) is 7.67. The monoisotopic (exact) mass is 321 g/mol. The number of rotatable bonds is 5. The Bertz CT molecular complexity index is 659. The maximum absolute atomic E-state index is 11.6. The van der Waals surface area contributed by atoms with Gasteiger partial charge in [0.1, 0.15) is 0 Å². The number of nitrogens with one attached hydrogen (secondary N) is 2. The Balaban J connectivity index is 1.83. The minimum Gasteiger partial charge on any atom is -0.375 e. The van der Waals surface area contributed by atoms with Gasteiger partial charge in [-0.3, -0.25) is 4.79 Å². The summed E-state index contributed by atoms with van der Waals surface area (Å²) in [6, 6.07) is 14.4. The Morgan fingerprint density at radius 3 is 2.43 bits per heavy atom. The predicted octanol–water partition coefficient (Wildman–Crippen LogP) is 3.56. The lowest BCUT2D eigenvalue weighted by Gasteiger charge is -2.06. The van der Waals surface area contributed by atoms with Crippen LogP contribution < -0.4 is 10.7 Å². The number of halogens is 2. The molecule has 6 heteroatoms. The molecular weight excluding hydrogens is 309 g/mol. The van der Waals surface area contributed by atoms with E-state index in [4.69, 9.17) is 23.2 Å². The zero-order valence-electron chi connectivity index (χ0n) is 11.0. The SMILES string of the molecule is O=C(CNc1ccccc1Cl)N/N=C\c1ccccc1Cl. The van der Waals surface area contributed by atoms with Gasteiger partial charge in [-0.2, -0.15) is 5.10 Å². The molecule has 0 bridgehead atoms. The molecule has 0 radical (unpaired) electrons. The average molecular weight is 322 g/mol. The molecule has 2 rings (SSSR count). The number of carbonyl (C=O) groups excluding carboxylic acids is 1. The first-order chi connectivity index (χ1) is 10.2. The Morgan fingerprint density at radius 2 is 1.71 bits per heavy atom. The average Bonchev–Trinajstić information content (AvgIpc) is 2.48. The number of para-hydroxylation sites is 1. The molecule has 2 aromatic carbocycles. The molecule has 0 heterocycles. The highest BCUT2D eigenvalue weighted by atomic mass is 35.5. The lowest BCUT2D eigenvalue weighted by Crippen LogP contribution is -2.25. The van der Waals surface area contributed by atoms with Crippen molar-refractivity contribution >= 4 is 41.0 Å². The smallest absolute Gasteiger partial charge is 0.259 e. The summed E-state index contributed by atoms with van der Waals surface area (Å²) in [4.78, 5) is 11.6. The van der Waals surface area contributed by atoms with Crippen molar-refractivity contribution in [2.24, 2.45) is 5.10 Å². The highest BCUT2D eigenvalue weighted by Gasteiger charge is 2.02. The summed E-state index contributed by atoms with van der Waals surface area (Å²) >= 11 is 11.9. The molecule has 0 fully saturated rings. The van der Waals surface area contributed by atoms with E-state index in [-0.39, 0.29) is 12.5 Å². The van der Waals surface area contributed by atoms with Crippen molar-refractivity contribution in [1.29, 1.82) is 0 Å². The van der Waals surface area contributed by atoms with Gasteiger partial charge in [0.05, 0.1) is 23.5 Å². The maximum Gasteiger partial charge on any atom is 0.259 e. The number of nitrogens with zero attached hydrogens (tertiary/aromatic N) is 1. The van der Waals surface area contributed by atoms with Crippen molar-refractivity contribution in [3.63, 3.8) is 0 Å². The highest BCUT2D eigenvalue weighted by Crippen LogP contribution is 2.19. The van der Waals surface area contributed by atoms with E-state index in [1.165, 1.54) is 6.21 Å². The van der Waals surface area contributed by atoms with Gasteiger partial charge in [-0.15, -0.1) is 0 Å². The number of amides is 1. The van der Waals surface area contributed by atoms with Crippen LogP contribution in [0.1, 0.15) is 5.56 Å². The van der Waals surface area contributed by atoms with Crippen molar-refractivity contribution in [2.75, 3.05) is 11.9 Å². The second-order valence-electron chi connectivity index (χ2n) is 4.15. The fourth-order valence-electron chi connectivity index (χ4n) is 1.57. The standard InChI is InChI=1S/C15H13Cl2N3O/c16-12-6-2-1-5-11(12)9-19-20-15(21)10-18-14-8-4-3-7-13(14)17/h1-9,18H,10H2,(H,20,21)/b19-9-. The molecule has 108 valence electrons. The predicted molar refractivity (Wildman–Crippen MR) is 87.1 cm³/mol. The molecule has 4 nitrogen and oxygen atoms in total. The Kier molecular flexibility index (Phi) is 5.60. The molecule has 0 aliphatic rings. The Hall–Kier alpha value is -2.04. The van der Waals surface area contributed by atoms with E-state index in [2.05, 4.69) is 15.8 Å². The van der Waals surface area contributed by atoms with E-state index in [0.29, 0.717) is 15.7 Å². The van der Waals surface area contributed by atoms with Crippen molar-refractivity contribution in [3.8, 4) is 0 Å². The summed E-state index contributed by atoms with van der Waals surface area (Å²) in [5, 5.41) is 7.92. The lowest BCUT2D eigenvalue weighted by molar-refractivity contribution is -0.119. The van der Waals surface area contributed by atoms with Crippen LogP contribution in [0.25, 0.3) is 0 Å². The number of hydrazone groups is 1. The van der Waals surface area contributed by atoms with Gasteiger partial charge < -0.3 is 5.32 Å². The molecule has 1 amide bonds. The van der Waals surface area contributed by atoms with Gasteiger partial charge >= 0.3 is 0 Å². The Labute approximate surface area is 132 Å². The summed E-state index contributed by atoms with van der Waals surface area (Å²) in [5.74, 6) is -0.279. The van der Waals surface area contributed by atoms with Gasteiger partial charge in [-0.1, -0.05) is 53.5 Å². The lowest BCUT2D eigenvalue weighted by atomic mass is 10.2. The summed E-state index contributed by atoms with van der Waals surface area (Å²) in [5.41, 5.74) is 3.85. The third kappa shape index (κ3) is 4.77. The number of carbonyl (C=O) groups is 1. The summed E-state index contributed by atoms with van der Waals surface area (Å²) < 4.78 is 0. The largest absolute Gasteiger partial charge is 0.375 e. The molecule has 0 saturated heterocycles. The first kappa shape index (κ1) is 15.4. The first-order valence-corrected chi connectivity index (χ1v) is 6.97. The van der Waals surface area contributed by atoms with E-state index in [1.54, 1.807) is 24.3 Å². The molecule has 0 spiro atoms. The van der Waals surface area contributed by atoms with Crippen molar-refractivity contribution < 1.29 is 4.79 Å². The van der Waals surface area contributed by atoms with Crippen LogP contribution in [0, 0.1) is 0 Å². The van der Waals surface area contributed by atoms with Crippen LogP contribution in [0.4, 0.5) is 5.69 Å². The minimum atomic E-state index is -0.279. The maximum atomic E-state index is 11.6. The molecule has 0 atom stereocenters. The molecule has 0 aliphatic heterocycles. The van der Waals surface area contributed by atoms with Gasteiger partial charge in [-0.05, 0) is 18.2 Å². The van der Waals surface area contributed by atoms with Gasteiger partial charge in [-0.25, -0.2) is 5.43 Å². The highest BCUT2D eigenvalue weighted by molar-refractivity contribution is 6.33. The summed E-state index contributed by atoms with van der Waals surface area (Å²) in [6.45, 7) is 0.0730. The molecule has 2 N–H and O–H groups in total. The first-order valence-electron chi connectivity index (χ1n) is 6.21. The molecule has 0 aromatic heterocycles. The third-order valence-electron chi connectivity index (χ3n) is 2.61. The zero-order valence-corrected chi connectivity index (χ0v) is 12.5. The van der Waals surface area contributed by atoms with Crippen LogP contribution in [-0.2, 0) is 4.79 Å². The van der Waals surface area contributed by atoms with Crippen LogP contribution in [0.2, 0.25) is 10.0 Å². The Morgan fingerprint density at radius 1 is 1.05 bits per heavy atom. The zero-order chi connectivity index (χ0) is 15.1. The number of hydrogen-bond donors (Lipinski definition) is 2. The quantitative estimate of drug-likeness (QED) is 0.653. The fourth-order valence-corrected chi connectivity index (χ4v) is 1.96. The number of benzene rings is 2. The molecule has 2 aromatic rings. The fraction of sp³-hybridized carbons (Fsp3) is 0.0667. The van der Waals surface area contributed by atoms with Crippen LogP contribution in [0.15, 0.2) is 53.6 Å². The molecule has 0 aliphatic carbocycles. The number of anilines is 1. The van der Waals surface area contributed by atoms with Crippen LogP contribution >= 0.6 is 23.2 Å². The van der Waals surface area contributed by atoms with E-state index in [1.807, 2.05) is 24.3 Å². The van der Waals surface area contributed by atoms with E-state index >= 15 is 0 Å². The van der Waals surface area contributed by atoms with E-state index in [9.17, 15) is 4.79 Å². The topological polar surface area (TPSA) is 53.5 Å². The van der Waals surface area contributed by atoms with Gasteiger partial charge in [0.15, 0.2) is 0 Å². The molecular formula is C15H13Cl2N3O. The van der Waals surface area contributed by atoms with Crippen molar-refractivity contribution in [3.05, 3.63) is 64.1 Å². The van der Waals surface area contributed by atoms with E-state index in [0.717, 1.165) is 5.56 Å². The van der Waals surface area contributed by atoms with Crippen LogP contribution in [-0.4, -0.2) is 18.7 Å². The van der Waals surface area contributed by atoms with E-state index < -0.39 is 0 Å².